The number of carboxylic acid groups (broad SMARTS) is 2. The lowest BCUT2D eigenvalue weighted by molar-refractivity contribution is -0.153. The van der Waals surface area contributed by atoms with E-state index in [1.165, 1.54) is 19.3 Å². The van der Waals surface area contributed by atoms with E-state index in [0.717, 1.165) is 38.5 Å². The fraction of sp³-hybridized carbons (Fsp3) is 0.900. The molecule has 0 aromatic rings. The van der Waals surface area contributed by atoms with E-state index in [1.807, 2.05) is 13.8 Å². The highest BCUT2D eigenvalue weighted by atomic mass is 79.9. The SMILES string of the molecule is CC(C)(CCCCCCCCCCC(C)(C)[C@@H](O)C(=O)O)[C@H](Br)C(=O)O. The van der Waals surface area contributed by atoms with E-state index in [4.69, 9.17) is 10.2 Å². The topological polar surface area (TPSA) is 94.8 Å². The number of aliphatic hydroxyl groups excluding tert-OH is 1. The van der Waals surface area contributed by atoms with Crippen molar-refractivity contribution in [3.8, 4) is 0 Å². The molecule has 0 rings (SSSR count). The van der Waals surface area contributed by atoms with Gasteiger partial charge in [0.05, 0.1) is 0 Å². The molecule has 0 bridgehead atoms. The molecule has 0 amide bonds. The van der Waals surface area contributed by atoms with Crippen molar-refractivity contribution in [1.82, 2.24) is 0 Å². The van der Waals surface area contributed by atoms with E-state index < -0.39 is 28.3 Å². The largest absolute Gasteiger partial charge is 0.480 e. The average molecular weight is 437 g/mol. The van der Waals surface area contributed by atoms with Crippen molar-refractivity contribution in [1.29, 1.82) is 0 Å². The molecule has 154 valence electrons. The lowest BCUT2D eigenvalue weighted by Gasteiger charge is -2.27. The average Bonchev–Trinajstić information content (AvgIpc) is 2.54. The van der Waals surface area contributed by atoms with E-state index in [-0.39, 0.29) is 5.41 Å². The minimum absolute atomic E-state index is 0.237. The van der Waals surface area contributed by atoms with Crippen LogP contribution in [0, 0.1) is 10.8 Å². The van der Waals surface area contributed by atoms with E-state index >= 15 is 0 Å². The third-order valence-corrected chi connectivity index (χ3v) is 6.90. The number of rotatable bonds is 15. The first-order valence-electron chi connectivity index (χ1n) is 9.69. The Labute approximate surface area is 166 Å². The van der Waals surface area contributed by atoms with E-state index in [2.05, 4.69) is 15.9 Å². The summed E-state index contributed by atoms with van der Waals surface area (Å²) in [4.78, 5) is 21.4. The second kappa shape index (κ2) is 12.0. The van der Waals surface area contributed by atoms with Gasteiger partial charge in [0.15, 0.2) is 6.10 Å². The van der Waals surface area contributed by atoms with Gasteiger partial charge in [-0.25, -0.2) is 4.79 Å². The van der Waals surface area contributed by atoms with Crippen LogP contribution in [0.3, 0.4) is 0 Å². The lowest BCUT2D eigenvalue weighted by Crippen LogP contribution is -2.36. The Hall–Kier alpha value is -0.620. The quantitative estimate of drug-likeness (QED) is 0.241. The number of unbranched alkanes of at least 4 members (excludes halogenated alkanes) is 7. The normalized spacial score (nSPS) is 14.8. The smallest absolute Gasteiger partial charge is 0.333 e. The van der Waals surface area contributed by atoms with Crippen molar-refractivity contribution in [2.45, 2.75) is 103 Å². The molecular formula is C20H37BrO5. The summed E-state index contributed by atoms with van der Waals surface area (Å²) in [6.45, 7) is 7.58. The number of hydrogen-bond acceptors (Lipinski definition) is 3. The van der Waals surface area contributed by atoms with Gasteiger partial charge in [-0.2, -0.15) is 0 Å². The molecule has 0 aliphatic carbocycles. The zero-order chi connectivity index (χ0) is 20.4. The predicted molar refractivity (Wildman–Crippen MR) is 108 cm³/mol. The molecule has 0 fully saturated rings. The molecule has 2 atom stereocenters. The van der Waals surface area contributed by atoms with Crippen molar-refractivity contribution in [2.75, 3.05) is 0 Å². The first-order valence-corrected chi connectivity index (χ1v) is 10.6. The molecule has 0 aliphatic rings. The Balaban J connectivity index is 3.69. The van der Waals surface area contributed by atoms with Gasteiger partial charge in [-0.3, -0.25) is 4.79 Å². The molecule has 0 unspecified atom stereocenters. The molecule has 3 N–H and O–H groups in total. The standard InChI is InChI=1S/C20H37BrO5/c1-19(2,15(21)17(23)24)13-11-9-7-5-6-8-10-12-14-20(3,4)16(22)18(25)26/h15-16,22H,5-14H2,1-4H3,(H,23,24)(H,25,26)/t15-,16+/m1/s1. The van der Waals surface area contributed by atoms with Crippen LogP contribution in [0.15, 0.2) is 0 Å². The van der Waals surface area contributed by atoms with Gasteiger partial charge < -0.3 is 15.3 Å². The van der Waals surface area contributed by atoms with Crippen LogP contribution in [-0.4, -0.2) is 38.2 Å². The first kappa shape index (κ1) is 25.4. The van der Waals surface area contributed by atoms with Crippen LogP contribution in [0.25, 0.3) is 0 Å². The fourth-order valence-corrected chi connectivity index (χ4v) is 3.38. The van der Waals surface area contributed by atoms with Crippen molar-refractivity contribution < 1.29 is 24.9 Å². The molecule has 0 heterocycles. The monoisotopic (exact) mass is 436 g/mol. The summed E-state index contributed by atoms with van der Waals surface area (Å²) in [6, 6.07) is 0. The summed E-state index contributed by atoms with van der Waals surface area (Å²) in [6.07, 6.45) is 9.13. The molecule has 0 aromatic carbocycles. The highest BCUT2D eigenvalue weighted by Crippen LogP contribution is 2.33. The third kappa shape index (κ3) is 9.91. The minimum atomic E-state index is -1.30. The van der Waals surface area contributed by atoms with Gasteiger partial charge >= 0.3 is 11.9 Å². The molecule has 26 heavy (non-hydrogen) atoms. The number of carboxylic acids is 2. The summed E-state index contributed by atoms with van der Waals surface area (Å²) in [5.74, 6) is -1.94. The van der Waals surface area contributed by atoms with Gasteiger partial charge in [0.25, 0.3) is 0 Å². The van der Waals surface area contributed by atoms with E-state index in [0.29, 0.717) is 6.42 Å². The summed E-state index contributed by atoms with van der Waals surface area (Å²) >= 11 is 3.26. The maximum absolute atomic E-state index is 11.0. The molecule has 0 aromatic heterocycles. The second-order valence-electron chi connectivity index (χ2n) is 8.75. The number of alkyl halides is 1. The van der Waals surface area contributed by atoms with E-state index in [1.54, 1.807) is 13.8 Å². The number of aliphatic carboxylic acids is 2. The Morgan fingerprint density at radius 2 is 1.08 bits per heavy atom. The van der Waals surface area contributed by atoms with Crippen LogP contribution in [0.1, 0.15) is 91.9 Å². The Bertz CT molecular complexity index is 394. The summed E-state index contributed by atoms with van der Waals surface area (Å²) in [5.41, 5.74) is -0.818. The zero-order valence-electron chi connectivity index (χ0n) is 16.8. The van der Waals surface area contributed by atoms with Gasteiger partial charge in [-0.15, -0.1) is 0 Å². The van der Waals surface area contributed by atoms with Gasteiger partial charge in [-0.1, -0.05) is 95.0 Å². The van der Waals surface area contributed by atoms with Gasteiger partial charge in [0.1, 0.15) is 4.83 Å². The van der Waals surface area contributed by atoms with Crippen LogP contribution in [0.2, 0.25) is 0 Å². The van der Waals surface area contributed by atoms with Gasteiger partial charge in [-0.05, 0) is 18.3 Å². The van der Waals surface area contributed by atoms with Crippen LogP contribution >= 0.6 is 15.9 Å². The van der Waals surface area contributed by atoms with Gasteiger partial charge in [0, 0.05) is 5.41 Å². The van der Waals surface area contributed by atoms with Crippen molar-refractivity contribution in [3.05, 3.63) is 0 Å². The fourth-order valence-electron chi connectivity index (χ4n) is 3.15. The highest BCUT2D eigenvalue weighted by Gasteiger charge is 2.33. The molecule has 0 radical (unpaired) electrons. The Kier molecular flexibility index (Phi) is 11.7. The highest BCUT2D eigenvalue weighted by molar-refractivity contribution is 9.10. The molecule has 0 aliphatic heterocycles. The van der Waals surface area contributed by atoms with Gasteiger partial charge in [0.2, 0.25) is 0 Å². The first-order chi connectivity index (χ1) is 11.9. The van der Waals surface area contributed by atoms with Crippen LogP contribution in [0.4, 0.5) is 0 Å². The second-order valence-corrected chi connectivity index (χ2v) is 9.66. The molecule has 5 nitrogen and oxygen atoms in total. The summed E-state index contributed by atoms with van der Waals surface area (Å²) in [5, 5.41) is 27.6. The molecule has 0 saturated carbocycles. The lowest BCUT2D eigenvalue weighted by atomic mass is 9.81. The zero-order valence-corrected chi connectivity index (χ0v) is 18.3. The van der Waals surface area contributed by atoms with Crippen LogP contribution in [-0.2, 0) is 9.59 Å². The summed E-state index contributed by atoms with van der Waals surface area (Å²) in [7, 11) is 0. The molecular weight excluding hydrogens is 400 g/mol. The number of hydrogen-bond donors (Lipinski definition) is 3. The van der Waals surface area contributed by atoms with Crippen molar-refractivity contribution in [2.24, 2.45) is 10.8 Å². The Morgan fingerprint density at radius 3 is 1.42 bits per heavy atom. The van der Waals surface area contributed by atoms with Crippen molar-refractivity contribution in [3.63, 3.8) is 0 Å². The molecule has 0 saturated heterocycles. The van der Waals surface area contributed by atoms with Crippen LogP contribution < -0.4 is 0 Å². The van der Waals surface area contributed by atoms with E-state index in [9.17, 15) is 14.7 Å². The number of carbonyl (C=O) groups is 2. The molecule has 6 heteroatoms. The Morgan fingerprint density at radius 1 is 0.731 bits per heavy atom. The van der Waals surface area contributed by atoms with Crippen LogP contribution in [0.5, 0.6) is 0 Å². The summed E-state index contributed by atoms with van der Waals surface area (Å²) < 4.78 is 0. The third-order valence-electron chi connectivity index (χ3n) is 5.27. The predicted octanol–water partition coefficient (Wildman–Crippen LogP) is 5.23. The van der Waals surface area contributed by atoms with Crippen molar-refractivity contribution >= 4 is 27.9 Å². The number of aliphatic hydroxyl groups is 1. The maximum atomic E-state index is 11.0. The maximum Gasteiger partial charge on any atom is 0.333 e. The minimum Gasteiger partial charge on any atom is -0.480 e. The molecule has 0 spiro atoms. The number of halogens is 1.